The summed E-state index contributed by atoms with van der Waals surface area (Å²) >= 11 is 1.20. The summed E-state index contributed by atoms with van der Waals surface area (Å²) in [5.41, 5.74) is 0.815. The maximum Gasteiger partial charge on any atom is 0.493 e. The molecule has 1 amide bonds. The minimum absolute atomic E-state index is 0.00343. The summed E-state index contributed by atoms with van der Waals surface area (Å²) in [5, 5.41) is 10.3. The molecule has 6 heteroatoms. The zero-order chi connectivity index (χ0) is 10.8. The van der Waals surface area contributed by atoms with Gasteiger partial charge in [0.15, 0.2) is 5.70 Å². The second-order valence-electron chi connectivity index (χ2n) is 2.86. The van der Waals surface area contributed by atoms with Gasteiger partial charge in [-0.05, 0) is 29.7 Å². The van der Waals surface area contributed by atoms with Gasteiger partial charge in [0, 0.05) is 4.90 Å². The van der Waals surface area contributed by atoms with Gasteiger partial charge in [-0.2, -0.15) is 0 Å². The third-order valence-electron chi connectivity index (χ3n) is 1.89. The summed E-state index contributed by atoms with van der Waals surface area (Å²) in [7, 11) is 0. The van der Waals surface area contributed by atoms with Crippen molar-refractivity contribution < 1.29 is 9.72 Å². The van der Waals surface area contributed by atoms with E-state index in [-0.39, 0.29) is 5.70 Å². The van der Waals surface area contributed by atoms with Crippen LogP contribution in [0.15, 0.2) is 34.9 Å². The van der Waals surface area contributed by atoms with E-state index in [4.69, 9.17) is 0 Å². The molecule has 1 aromatic carbocycles. The lowest BCUT2D eigenvalue weighted by Crippen LogP contribution is -2.23. The Bertz CT molecular complexity index is 470. The van der Waals surface area contributed by atoms with E-state index < -0.39 is 10.8 Å². The van der Waals surface area contributed by atoms with Crippen molar-refractivity contribution >= 4 is 23.9 Å². The van der Waals surface area contributed by atoms with Crippen molar-refractivity contribution in [3.8, 4) is 0 Å². The zero-order valence-corrected chi connectivity index (χ0v) is 8.28. The van der Waals surface area contributed by atoms with Crippen LogP contribution in [0, 0.1) is 10.1 Å². The number of carbonyl (C=O) groups excluding carboxylic acids is 1. The lowest BCUT2D eigenvalue weighted by Gasteiger charge is -2.13. The number of benzene rings is 1. The van der Waals surface area contributed by atoms with Crippen molar-refractivity contribution in [3.05, 3.63) is 45.6 Å². The largest absolute Gasteiger partial charge is 0.493 e. The highest BCUT2D eigenvalue weighted by molar-refractivity contribution is 7.97. The number of hydrogen-bond donors (Lipinski definition) is 1. The van der Waals surface area contributed by atoms with Gasteiger partial charge >= 0.3 is 5.91 Å². The number of rotatable bonds is 1. The Hall–Kier alpha value is -1.82. The average Bonchev–Trinajstić information content (AvgIpc) is 2.27. The normalized spacial score (nSPS) is 13.5. The molecule has 0 aliphatic carbocycles. The maximum atomic E-state index is 11.1. The SMILES string of the molecule is O=C(C1=Cc2ccccc2SN1)[N+](=O)[O-]. The molecule has 0 spiro atoms. The number of carbonyl (C=O) groups is 1. The summed E-state index contributed by atoms with van der Waals surface area (Å²) in [4.78, 5) is 21.3. The lowest BCUT2D eigenvalue weighted by atomic mass is 10.2. The molecule has 5 nitrogen and oxygen atoms in total. The molecule has 0 aromatic heterocycles. The van der Waals surface area contributed by atoms with E-state index in [0.29, 0.717) is 0 Å². The first-order chi connectivity index (χ1) is 7.18. The molecule has 1 aliphatic rings. The molecule has 0 bridgehead atoms. The van der Waals surface area contributed by atoms with E-state index in [1.54, 1.807) is 6.07 Å². The Labute approximate surface area is 89.5 Å². The van der Waals surface area contributed by atoms with Crippen molar-refractivity contribution in [2.45, 2.75) is 4.90 Å². The van der Waals surface area contributed by atoms with E-state index in [0.717, 1.165) is 10.5 Å². The van der Waals surface area contributed by atoms with Crippen molar-refractivity contribution in [1.82, 2.24) is 4.72 Å². The van der Waals surface area contributed by atoms with Crippen LogP contribution in [-0.2, 0) is 4.79 Å². The van der Waals surface area contributed by atoms with E-state index in [1.807, 2.05) is 18.2 Å². The lowest BCUT2D eigenvalue weighted by molar-refractivity contribution is -0.397. The first-order valence-electron chi connectivity index (χ1n) is 4.11. The summed E-state index contributed by atoms with van der Waals surface area (Å²) in [6.07, 6.45) is 1.48. The Morgan fingerprint density at radius 1 is 1.40 bits per heavy atom. The summed E-state index contributed by atoms with van der Waals surface area (Å²) in [5.74, 6) is -1.11. The van der Waals surface area contributed by atoms with E-state index in [2.05, 4.69) is 4.72 Å². The van der Waals surface area contributed by atoms with Gasteiger partial charge in [-0.25, -0.2) is 4.79 Å². The summed E-state index contributed by atoms with van der Waals surface area (Å²) in [6.45, 7) is 0. The third-order valence-corrected chi connectivity index (χ3v) is 2.80. The van der Waals surface area contributed by atoms with E-state index in [1.165, 1.54) is 18.0 Å². The van der Waals surface area contributed by atoms with Gasteiger partial charge < -0.3 is 4.72 Å². The van der Waals surface area contributed by atoms with E-state index in [9.17, 15) is 14.9 Å². The van der Waals surface area contributed by atoms with Crippen LogP contribution in [0.25, 0.3) is 6.08 Å². The highest BCUT2D eigenvalue weighted by Crippen LogP contribution is 2.27. The fourth-order valence-corrected chi connectivity index (χ4v) is 1.95. The Morgan fingerprint density at radius 3 is 2.87 bits per heavy atom. The quantitative estimate of drug-likeness (QED) is 0.442. The van der Waals surface area contributed by atoms with Crippen molar-refractivity contribution in [3.63, 3.8) is 0 Å². The molecule has 1 aliphatic heterocycles. The monoisotopic (exact) mass is 222 g/mol. The fraction of sp³-hybridized carbons (Fsp3) is 0. The number of hydrogen-bond acceptors (Lipinski definition) is 5. The van der Waals surface area contributed by atoms with Crippen molar-refractivity contribution in [2.75, 3.05) is 0 Å². The predicted octanol–water partition coefficient (Wildman–Crippen LogP) is 1.44. The van der Waals surface area contributed by atoms with Gasteiger partial charge in [0.05, 0.1) is 0 Å². The van der Waals surface area contributed by atoms with Gasteiger partial charge in [-0.1, -0.05) is 18.2 Å². The van der Waals surface area contributed by atoms with Gasteiger partial charge in [0.2, 0.25) is 0 Å². The Kier molecular flexibility index (Phi) is 2.42. The molecular weight excluding hydrogens is 216 g/mol. The van der Waals surface area contributed by atoms with Crippen LogP contribution in [0.1, 0.15) is 5.56 Å². The smallest absolute Gasteiger partial charge is 0.317 e. The average molecular weight is 222 g/mol. The molecule has 15 heavy (non-hydrogen) atoms. The molecule has 0 fully saturated rings. The standard InChI is InChI=1S/C9H6N2O3S/c12-9(11(13)14)7-5-6-3-1-2-4-8(6)15-10-7/h1-5,10H. The van der Waals surface area contributed by atoms with Gasteiger partial charge in [-0.3, -0.25) is 10.1 Å². The second kappa shape index (κ2) is 3.74. The van der Waals surface area contributed by atoms with Crippen LogP contribution in [0.2, 0.25) is 0 Å². The molecular formula is C9H6N2O3S. The number of nitrogens with zero attached hydrogens (tertiary/aromatic N) is 1. The molecule has 1 N–H and O–H groups in total. The molecule has 0 saturated heterocycles. The highest BCUT2D eigenvalue weighted by atomic mass is 32.2. The summed E-state index contributed by atoms with van der Waals surface area (Å²) < 4.78 is 2.64. The highest BCUT2D eigenvalue weighted by Gasteiger charge is 2.25. The zero-order valence-electron chi connectivity index (χ0n) is 7.47. The maximum absolute atomic E-state index is 11.1. The molecule has 1 heterocycles. The third kappa shape index (κ3) is 1.84. The summed E-state index contributed by atoms with van der Waals surface area (Å²) in [6, 6.07) is 7.35. The Morgan fingerprint density at radius 2 is 2.13 bits per heavy atom. The molecule has 0 unspecified atom stereocenters. The van der Waals surface area contributed by atoms with Crippen LogP contribution in [0.4, 0.5) is 0 Å². The second-order valence-corrected chi connectivity index (χ2v) is 3.71. The molecule has 1 aromatic rings. The minimum Gasteiger partial charge on any atom is -0.317 e. The number of nitrogens with one attached hydrogen (secondary N) is 1. The molecule has 0 saturated carbocycles. The van der Waals surface area contributed by atoms with Crippen LogP contribution in [0.3, 0.4) is 0 Å². The number of fused-ring (bicyclic) bond motifs is 1. The fourth-order valence-electron chi connectivity index (χ4n) is 1.19. The van der Waals surface area contributed by atoms with E-state index >= 15 is 0 Å². The molecule has 2 rings (SSSR count). The number of nitro groups is 1. The number of amides is 1. The minimum atomic E-state index is -1.11. The molecule has 0 radical (unpaired) electrons. The molecule has 0 atom stereocenters. The van der Waals surface area contributed by atoms with Gasteiger partial charge in [-0.15, -0.1) is 0 Å². The van der Waals surface area contributed by atoms with Gasteiger partial charge in [0.1, 0.15) is 4.92 Å². The predicted molar refractivity (Wildman–Crippen MR) is 55.4 cm³/mol. The topological polar surface area (TPSA) is 72.2 Å². The first kappa shape index (κ1) is 9.72. The van der Waals surface area contributed by atoms with Crippen LogP contribution in [-0.4, -0.2) is 10.8 Å². The van der Waals surface area contributed by atoms with Crippen LogP contribution >= 0.6 is 11.9 Å². The van der Waals surface area contributed by atoms with Crippen LogP contribution < -0.4 is 4.72 Å². The van der Waals surface area contributed by atoms with Crippen molar-refractivity contribution in [2.24, 2.45) is 0 Å². The van der Waals surface area contributed by atoms with Crippen LogP contribution in [0.5, 0.6) is 0 Å². The Balaban J connectivity index is 2.37. The first-order valence-corrected chi connectivity index (χ1v) is 4.92. The molecule has 76 valence electrons. The van der Waals surface area contributed by atoms with Crippen molar-refractivity contribution in [1.29, 1.82) is 0 Å². The van der Waals surface area contributed by atoms with Gasteiger partial charge in [0.25, 0.3) is 0 Å².